The average Bonchev–Trinajstić information content (AvgIpc) is 2.94. The van der Waals surface area contributed by atoms with Crippen LogP contribution < -0.4 is 0 Å². The minimum absolute atomic E-state index is 0.0809. The van der Waals surface area contributed by atoms with Crippen LogP contribution in [0.15, 0.2) is 0 Å². The number of rotatable bonds is 34. The Hall–Kier alpha value is -0.240. The summed E-state index contributed by atoms with van der Waals surface area (Å²) in [6.45, 7) is 16.1. The lowest BCUT2D eigenvalue weighted by molar-refractivity contribution is -0.160. The lowest BCUT2D eigenvalue weighted by Gasteiger charge is -2.19. The molecule has 0 saturated heterocycles. The molecule has 0 radical (unpaired) electrons. The molecule has 0 aromatic heterocycles. The molecular weight excluding hydrogens is 671 g/mol. The molecule has 252 valence electrons. The van der Waals surface area contributed by atoms with Crippen LogP contribution >= 0.6 is 22.6 Å². The van der Waals surface area contributed by atoms with Crippen molar-refractivity contribution in [3.63, 3.8) is 0 Å². The van der Waals surface area contributed by atoms with Crippen molar-refractivity contribution in [1.29, 1.82) is 0 Å². The van der Waals surface area contributed by atoms with Crippen molar-refractivity contribution in [2.45, 2.75) is 26.4 Å². The lowest BCUT2D eigenvalue weighted by atomic mass is 10.2. The summed E-state index contributed by atoms with van der Waals surface area (Å²) in [7, 11) is 0. The fourth-order valence-electron chi connectivity index (χ4n) is 2.78. The molecule has 0 aliphatic carbocycles. The van der Waals surface area contributed by atoms with Crippen molar-refractivity contribution in [1.82, 2.24) is 0 Å². The number of hydrogen-bond donors (Lipinski definition) is 0. The first-order valence-corrected chi connectivity index (χ1v) is 16.1. The highest BCUT2D eigenvalue weighted by molar-refractivity contribution is 14.1. The van der Waals surface area contributed by atoms with Gasteiger partial charge < -0.3 is 56.8 Å². The monoisotopic (exact) mass is 726 g/mol. The Morgan fingerprint density at radius 2 is 0.619 bits per heavy atom. The summed E-state index contributed by atoms with van der Waals surface area (Å²) in [5.74, 6) is -0.385. The van der Waals surface area contributed by atoms with E-state index in [0.29, 0.717) is 132 Å². The molecule has 0 heterocycles. The molecule has 0 atom stereocenters. The highest BCUT2D eigenvalue weighted by Gasteiger charge is 2.15. The molecular formula is C28H55IO13. The first-order valence-electron chi connectivity index (χ1n) is 14.6. The van der Waals surface area contributed by atoms with E-state index in [0.717, 1.165) is 11.0 Å². The summed E-state index contributed by atoms with van der Waals surface area (Å²) in [4.78, 5) is 11.5. The summed E-state index contributed by atoms with van der Waals surface area (Å²) in [5.41, 5.74) is -0.508. The fourth-order valence-corrected chi connectivity index (χ4v) is 3.09. The Labute approximate surface area is 265 Å². The van der Waals surface area contributed by atoms with Gasteiger partial charge in [0.1, 0.15) is 12.2 Å². The van der Waals surface area contributed by atoms with E-state index in [4.69, 9.17) is 56.8 Å². The van der Waals surface area contributed by atoms with E-state index < -0.39 is 5.60 Å². The van der Waals surface area contributed by atoms with Crippen LogP contribution in [0.1, 0.15) is 20.8 Å². The minimum atomic E-state index is -0.508. The molecule has 0 N–H and O–H groups in total. The van der Waals surface area contributed by atoms with E-state index in [1.54, 1.807) is 0 Å². The maximum absolute atomic E-state index is 11.5. The molecule has 0 fully saturated rings. The van der Waals surface area contributed by atoms with Crippen molar-refractivity contribution >= 4 is 28.6 Å². The molecule has 14 heteroatoms. The second-order valence-corrected chi connectivity index (χ2v) is 10.5. The molecule has 0 spiro atoms. The van der Waals surface area contributed by atoms with E-state index >= 15 is 0 Å². The largest absolute Gasteiger partial charge is 0.458 e. The molecule has 0 aliphatic heterocycles. The molecule has 13 nitrogen and oxygen atoms in total. The number of halogens is 1. The SMILES string of the molecule is CC(C)(C)OC(=O)COCCOCCOCCOCCOCCOCCOCCOCCOCCOCCOCCI. The predicted molar refractivity (Wildman–Crippen MR) is 164 cm³/mol. The zero-order valence-corrected chi connectivity index (χ0v) is 28.1. The summed E-state index contributed by atoms with van der Waals surface area (Å²) >= 11 is 2.27. The van der Waals surface area contributed by atoms with Gasteiger partial charge in [-0.25, -0.2) is 4.79 Å². The third kappa shape index (κ3) is 37.8. The van der Waals surface area contributed by atoms with Crippen molar-refractivity contribution in [2.24, 2.45) is 0 Å². The van der Waals surface area contributed by atoms with Gasteiger partial charge in [-0.3, -0.25) is 0 Å². The van der Waals surface area contributed by atoms with Crippen molar-refractivity contribution in [3.05, 3.63) is 0 Å². The van der Waals surface area contributed by atoms with E-state index in [1.165, 1.54) is 0 Å². The van der Waals surface area contributed by atoms with Crippen LogP contribution in [-0.4, -0.2) is 161 Å². The van der Waals surface area contributed by atoms with E-state index in [-0.39, 0.29) is 12.6 Å². The van der Waals surface area contributed by atoms with Crippen LogP contribution in [0.3, 0.4) is 0 Å². The Morgan fingerprint density at radius 1 is 0.405 bits per heavy atom. The minimum Gasteiger partial charge on any atom is -0.458 e. The van der Waals surface area contributed by atoms with Gasteiger partial charge in [-0.2, -0.15) is 0 Å². The second kappa shape index (κ2) is 33.6. The summed E-state index contributed by atoms with van der Waals surface area (Å²) in [6, 6.07) is 0. The summed E-state index contributed by atoms with van der Waals surface area (Å²) < 4.78 is 65.6. The normalized spacial score (nSPS) is 11.8. The van der Waals surface area contributed by atoms with E-state index in [2.05, 4.69) is 22.6 Å². The number of ether oxygens (including phenoxy) is 12. The molecule has 42 heavy (non-hydrogen) atoms. The van der Waals surface area contributed by atoms with Crippen molar-refractivity contribution < 1.29 is 61.6 Å². The molecule has 0 amide bonds. The van der Waals surface area contributed by atoms with Crippen LogP contribution in [0.25, 0.3) is 0 Å². The maximum atomic E-state index is 11.5. The van der Waals surface area contributed by atoms with Crippen LogP contribution in [0, 0.1) is 0 Å². The third-order valence-corrected chi connectivity index (χ3v) is 5.02. The predicted octanol–water partition coefficient (Wildman–Crippen LogP) is 1.95. The number of carbonyl (C=O) groups is 1. The molecule has 0 aliphatic rings. The maximum Gasteiger partial charge on any atom is 0.332 e. The number of hydrogen-bond acceptors (Lipinski definition) is 13. The number of carbonyl (C=O) groups excluding carboxylic acids is 1. The average molecular weight is 727 g/mol. The van der Waals surface area contributed by atoms with Gasteiger partial charge in [-0.05, 0) is 20.8 Å². The first kappa shape index (κ1) is 41.8. The third-order valence-electron chi connectivity index (χ3n) is 4.58. The van der Waals surface area contributed by atoms with Crippen LogP contribution in [0.4, 0.5) is 0 Å². The summed E-state index contributed by atoms with van der Waals surface area (Å²) in [5, 5.41) is 0. The van der Waals surface area contributed by atoms with E-state index in [9.17, 15) is 4.79 Å². The van der Waals surface area contributed by atoms with Crippen LogP contribution in [0.5, 0.6) is 0 Å². The van der Waals surface area contributed by atoms with E-state index in [1.807, 2.05) is 20.8 Å². The highest BCUT2D eigenvalue weighted by atomic mass is 127. The zero-order valence-electron chi connectivity index (χ0n) is 25.9. The van der Waals surface area contributed by atoms with Gasteiger partial charge in [0.05, 0.1) is 139 Å². The molecule has 0 saturated carbocycles. The van der Waals surface area contributed by atoms with Gasteiger partial charge in [0.15, 0.2) is 0 Å². The Bertz CT molecular complexity index is 552. The topological polar surface area (TPSA) is 128 Å². The molecule has 0 bridgehead atoms. The zero-order chi connectivity index (χ0) is 30.8. The molecule has 0 rings (SSSR count). The summed E-state index contributed by atoms with van der Waals surface area (Å²) in [6.07, 6.45) is 0. The molecule has 0 unspecified atom stereocenters. The van der Waals surface area contributed by atoms with Crippen LogP contribution in [0.2, 0.25) is 0 Å². The Morgan fingerprint density at radius 3 is 0.833 bits per heavy atom. The number of esters is 1. The second-order valence-electron chi connectivity index (χ2n) is 9.45. The van der Waals surface area contributed by atoms with Gasteiger partial charge in [-0.15, -0.1) is 0 Å². The quantitative estimate of drug-likeness (QED) is 0.0416. The van der Waals surface area contributed by atoms with Gasteiger partial charge in [0, 0.05) is 4.43 Å². The number of alkyl halides is 1. The lowest BCUT2D eigenvalue weighted by Crippen LogP contribution is -2.27. The van der Waals surface area contributed by atoms with Gasteiger partial charge >= 0.3 is 5.97 Å². The molecule has 0 aromatic rings. The van der Waals surface area contributed by atoms with Gasteiger partial charge in [-0.1, -0.05) is 22.6 Å². The van der Waals surface area contributed by atoms with Gasteiger partial charge in [0.25, 0.3) is 0 Å². The van der Waals surface area contributed by atoms with Crippen LogP contribution in [-0.2, 0) is 61.6 Å². The Balaban J connectivity index is 3.09. The Kier molecular flexibility index (Phi) is 33.5. The molecule has 0 aromatic carbocycles. The van der Waals surface area contributed by atoms with Crippen molar-refractivity contribution in [2.75, 3.05) is 150 Å². The smallest absolute Gasteiger partial charge is 0.332 e. The highest BCUT2D eigenvalue weighted by Crippen LogP contribution is 2.06. The van der Waals surface area contributed by atoms with Gasteiger partial charge in [0.2, 0.25) is 0 Å². The van der Waals surface area contributed by atoms with Crippen molar-refractivity contribution in [3.8, 4) is 0 Å². The first-order chi connectivity index (χ1) is 20.5. The standard InChI is InChI=1S/C28H55IO13/c1-28(2,3)42-27(30)26-41-25-24-40-23-22-39-21-20-38-19-18-37-17-16-36-15-14-35-13-12-34-11-10-33-9-8-32-7-6-31-5-4-29/h4-26H2,1-3H3. The fraction of sp³-hybridized carbons (Fsp3) is 0.964.